The molecule has 5 rings (SSSR count). The molecule has 33 heavy (non-hydrogen) atoms. The lowest BCUT2D eigenvalue weighted by atomic mass is 9.83. The van der Waals surface area contributed by atoms with Crippen LogP contribution in [0, 0.1) is 0 Å². The second-order valence-electron chi connectivity index (χ2n) is 8.73. The van der Waals surface area contributed by atoms with Gasteiger partial charge in [-0.25, -0.2) is 4.79 Å². The number of hydrogen-bond acceptors (Lipinski definition) is 4. The van der Waals surface area contributed by atoms with E-state index in [0.717, 1.165) is 48.9 Å². The van der Waals surface area contributed by atoms with Crippen LogP contribution in [0.3, 0.4) is 0 Å². The van der Waals surface area contributed by atoms with Crippen LogP contribution in [0.2, 0.25) is 0 Å². The van der Waals surface area contributed by atoms with Gasteiger partial charge in [-0.05, 0) is 41.9 Å². The predicted molar refractivity (Wildman–Crippen MR) is 128 cm³/mol. The number of ether oxygens (including phenoxy) is 1. The number of methoxy groups -OCH3 is 1. The summed E-state index contributed by atoms with van der Waals surface area (Å²) in [5, 5.41) is 4.23. The summed E-state index contributed by atoms with van der Waals surface area (Å²) < 4.78 is 6.11. The molecule has 0 saturated heterocycles. The fraction of sp³-hybridized carbons (Fsp3) is 0.296. The average molecular weight is 442 g/mol. The van der Waals surface area contributed by atoms with E-state index in [1.807, 2.05) is 18.2 Å². The van der Waals surface area contributed by atoms with Gasteiger partial charge in [0.05, 0.1) is 12.8 Å². The predicted octanol–water partition coefficient (Wildman–Crippen LogP) is 5.11. The molecule has 1 aliphatic rings. The standard InChI is InChI=1S/C27H27N3O3/c1-33-27(32)22-17-23-28-25(24(26(31)30(23)29-22)20-10-6-3-7-11-20)21-14-12-19(13-15-21)16-18-8-4-2-5-9-18/h2,4-5,8-9,12-15,17,20,28H,3,6-7,10-11,16H2,1H3. The Morgan fingerprint density at radius 3 is 2.42 bits per heavy atom. The van der Waals surface area contributed by atoms with Crippen molar-refractivity contribution < 1.29 is 9.53 Å². The third-order valence-corrected chi connectivity index (χ3v) is 6.56. The van der Waals surface area contributed by atoms with Crippen LogP contribution < -0.4 is 5.56 Å². The minimum absolute atomic E-state index is 0.121. The van der Waals surface area contributed by atoms with Gasteiger partial charge in [-0.3, -0.25) is 4.79 Å². The number of carbonyl (C=O) groups is 1. The molecule has 168 valence electrons. The first-order valence-corrected chi connectivity index (χ1v) is 11.5. The van der Waals surface area contributed by atoms with E-state index in [0.29, 0.717) is 5.65 Å². The molecule has 1 fully saturated rings. The zero-order chi connectivity index (χ0) is 22.8. The quantitative estimate of drug-likeness (QED) is 0.437. The fourth-order valence-corrected chi connectivity index (χ4v) is 4.86. The number of carbonyl (C=O) groups excluding carboxylic acids is 1. The van der Waals surface area contributed by atoms with E-state index in [9.17, 15) is 9.59 Å². The molecule has 4 aromatic rings. The summed E-state index contributed by atoms with van der Waals surface area (Å²) in [6, 6.07) is 20.3. The molecule has 0 amide bonds. The van der Waals surface area contributed by atoms with Gasteiger partial charge in [0, 0.05) is 11.6 Å². The molecule has 2 aromatic carbocycles. The highest BCUT2D eigenvalue weighted by atomic mass is 16.5. The molecule has 1 N–H and O–H groups in total. The van der Waals surface area contributed by atoms with Crippen LogP contribution in [-0.4, -0.2) is 27.7 Å². The Balaban J connectivity index is 1.59. The van der Waals surface area contributed by atoms with Crippen LogP contribution in [0.5, 0.6) is 0 Å². The highest BCUT2D eigenvalue weighted by Gasteiger charge is 2.25. The van der Waals surface area contributed by atoms with Gasteiger partial charge in [0.15, 0.2) is 5.69 Å². The Hall–Kier alpha value is -3.67. The van der Waals surface area contributed by atoms with E-state index in [1.54, 1.807) is 6.07 Å². The number of benzene rings is 2. The van der Waals surface area contributed by atoms with Gasteiger partial charge in [-0.1, -0.05) is 73.9 Å². The maximum absolute atomic E-state index is 13.6. The van der Waals surface area contributed by atoms with Crippen molar-refractivity contribution in [3.8, 4) is 11.3 Å². The van der Waals surface area contributed by atoms with Crippen LogP contribution in [0.25, 0.3) is 16.9 Å². The number of nitrogens with zero attached hydrogens (tertiary/aromatic N) is 2. The van der Waals surface area contributed by atoms with Gasteiger partial charge >= 0.3 is 5.97 Å². The van der Waals surface area contributed by atoms with Crippen molar-refractivity contribution in [3.63, 3.8) is 0 Å². The molecule has 2 heterocycles. The molecule has 0 radical (unpaired) electrons. The Labute approximate surface area is 192 Å². The van der Waals surface area contributed by atoms with Crippen molar-refractivity contribution in [3.05, 3.63) is 93.4 Å². The Morgan fingerprint density at radius 1 is 1.03 bits per heavy atom. The zero-order valence-corrected chi connectivity index (χ0v) is 18.7. The third kappa shape index (κ3) is 4.21. The Morgan fingerprint density at radius 2 is 1.73 bits per heavy atom. The van der Waals surface area contributed by atoms with E-state index in [1.165, 1.54) is 29.2 Å². The monoisotopic (exact) mass is 441 g/mol. The minimum atomic E-state index is -0.558. The molecular formula is C27H27N3O3. The first kappa shape index (κ1) is 21.2. The first-order chi connectivity index (χ1) is 16.1. The van der Waals surface area contributed by atoms with Crippen molar-refractivity contribution in [2.24, 2.45) is 0 Å². The number of H-pyrrole nitrogens is 1. The number of hydrogen-bond donors (Lipinski definition) is 1. The highest BCUT2D eigenvalue weighted by molar-refractivity contribution is 5.88. The lowest BCUT2D eigenvalue weighted by molar-refractivity contribution is 0.0593. The Kier molecular flexibility index (Phi) is 5.82. The summed E-state index contributed by atoms with van der Waals surface area (Å²) in [4.78, 5) is 29.0. The molecule has 0 unspecified atom stereocenters. The molecule has 0 atom stereocenters. The van der Waals surface area contributed by atoms with E-state index >= 15 is 0 Å². The maximum atomic E-state index is 13.6. The number of rotatable bonds is 5. The molecule has 0 spiro atoms. The summed E-state index contributed by atoms with van der Waals surface area (Å²) >= 11 is 0. The highest BCUT2D eigenvalue weighted by Crippen LogP contribution is 2.36. The van der Waals surface area contributed by atoms with Crippen molar-refractivity contribution in [1.82, 2.24) is 14.6 Å². The summed E-state index contributed by atoms with van der Waals surface area (Å²) in [5.74, 6) is -0.380. The maximum Gasteiger partial charge on any atom is 0.358 e. The summed E-state index contributed by atoms with van der Waals surface area (Å²) in [5.41, 5.74) is 5.48. The Bertz CT molecular complexity index is 1330. The second kappa shape index (κ2) is 9.06. The van der Waals surface area contributed by atoms with E-state index < -0.39 is 5.97 Å². The summed E-state index contributed by atoms with van der Waals surface area (Å²) in [6.45, 7) is 0. The summed E-state index contributed by atoms with van der Waals surface area (Å²) in [6.07, 6.45) is 6.26. The number of aromatic amines is 1. The lowest BCUT2D eigenvalue weighted by Gasteiger charge is -2.23. The summed E-state index contributed by atoms with van der Waals surface area (Å²) in [7, 11) is 1.31. The second-order valence-corrected chi connectivity index (χ2v) is 8.73. The van der Waals surface area contributed by atoms with Crippen LogP contribution in [0.15, 0.2) is 65.5 Å². The lowest BCUT2D eigenvalue weighted by Crippen LogP contribution is -2.25. The largest absolute Gasteiger partial charge is 0.464 e. The van der Waals surface area contributed by atoms with Crippen molar-refractivity contribution in [2.75, 3.05) is 7.11 Å². The SMILES string of the molecule is COC(=O)c1cc2[nH]c(-c3ccc(Cc4ccccc4)cc3)c(C3CCCCC3)c(=O)n2n1. The number of nitrogens with one attached hydrogen (secondary N) is 1. The minimum Gasteiger partial charge on any atom is -0.464 e. The van der Waals surface area contributed by atoms with Crippen LogP contribution in [0.4, 0.5) is 0 Å². The molecule has 6 nitrogen and oxygen atoms in total. The molecule has 2 aromatic heterocycles. The molecular weight excluding hydrogens is 414 g/mol. The van der Waals surface area contributed by atoms with Crippen LogP contribution >= 0.6 is 0 Å². The molecule has 1 aliphatic carbocycles. The van der Waals surface area contributed by atoms with Gasteiger partial charge in [0.1, 0.15) is 5.65 Å². The normalized spacial score (nSPS) is 14.5. The smallest absolute Gasteiger partial charge is 0.358 e. The molecule has 0 bridgehead atoms. The van der Waals surface area contributed by atoms with E-state index in [2.05, 4.69) is 46.5 Å². The first-order valence-electron chi connectivity index (χ1n) is 11.5. The molecule has 0 aliphatic heterocycles. The van der Waals surface area contributed by atoms with Gasteiger partial charge in [0.2, 0.25) is 0 Å². The molecule has 6 heteroatoms. The van der Waals surface area contributed by atoms with E-state index in [4.69, 9.17) is 4.74 Å². The van der Waals surface area contributed by atoms with Crippen molar-refractivity contribution in [1.29, 1.82) is 0 Å². The van der Waals surface area contributed by atoms with Gasteiger partial charge < -0.3 is 9.72 Å². The average Bonchev–Trinajstić information content (AvgIpc) is 3.30. The number of fused-ring (bicyclic) bond motifs is 1. The topological polar surface area (TPSA) is 76.5 Å². The van der Waals surface area contributed by atoms with Crippen molar-refractivity contribution >= 4 is 11.6 Å². The van der Waals surface area contributed by atoms with Crippen molar-refractivity contribution in [2.45, 2.75) is 44.4 Å². The van der Waals surface area contributed by atoms with Gasteiger partial charge in [-0.2, -0.15) is 9.61 Å². The number of aromatic nitrogens is 3. The van der Waals surface area contributed by atoms with Crippen LogP contribution in [0.1, 0.15) is 65.2 Å². The van der Waals surface area contributed by atoms with Gasteiger partial charge in [-0.15, -0.1) is 0 Å². The van der Waals surface area contributed by atoms with Gasteiger partial charge in [0.25, 0.3) is 5.56 Å². The third-order valence-electron chi connectivity index (χ3n) is 6.56. The van der Waals surface area contributed by atoms with Crippen LogP contribution in [-0.2, 0) is 11.2 Å². The fourth-order valence-electron chi connectivity index (χ4n) is 4.86. The number of esters is 1. The zero-order valence-electron chi connectivity index (χ0n) is 18.7. The molecule has 1 saturated carbocycles. The van der Waals surface area contributed by atoms with E-state index in [-0.39, 0.29) is 17.2 Å².